The number of aliphatic hydroxyl groups is 2. The molecule has 0 spiro atoms. The fourth-order valence-corrected chi connectivity index (χ4v) is 4.19. The molecule has 1 amide bonds. The Bertz CT molecular complexity index is 1010. The minimum Gasteiger partial charge on any atom is -0.449 e. The van der Waals surface area contributed by atoms with Gasteiger partial charge in [-0.3, -0.25) is 0 Å². The third-order valence-corrected chi connectivity index (χ3v) is 5.83. The molecule has 1 aliphatic carbocycles. The van der Waals surface area contributed by atoms with E-state index >= 15 is 0 Å². The van der Waals surface area contributed by atoms with E-state index in [0.717, 1.165) is 22.3 Å². The van der Waals surface area contributed by atoms with E-state index in [1.54, 1.807) is 24.3 Å². The van der Waals surface area contributed by atoms with Gasteiger partial charge in [0, 0.05) is 17.4 Å². The summed E-state index contributed by atoms with van der Waals surface area (Å²) in [6, 6.07) is 23.2. The molecule has 3 aromatic carbocycles. The van der Waals surface area contributed by atoms with Gasteiger partial charge in [-0.15, -0.1) is 12.6 Å². The Hall–Kier alpha value is -2.80. The van der Waals surface area contributed by atoms with Crippen LogP contribution in [0.1, 0.15) is 28.7 Å². The summed E-state index contributed by atoms with van der Waals surface area (Å²) in [4.78, 5) is 12.8. The van der Waals surface area contributed by atoms with Crippen molar-refractivity contribution in [2.45, 2.75) is 23.0 Å². The maximum absolute atomic E-state index is 12.2. The Kier molecular flexibility index (Phi) is 6.08. The predicted octanol–water partition coefficient (Wildman–Crippen LogP) is 3.91. The van der Waals surface area contributed by atoms with Gasteiger partial charge in [0.2, 0.25) is 0 Å². The van der Waals surface area contributed by atoms with Gasteiger partial charge in [-0.05, 0) is 33.9 Å². The Morgan fingerprint density at radius 1 is 0.933 bits per heavy atom. The van der Waals surface area contributed by atoms with Crippen LogP contribution in [0.15, 0.2) is 77.7 Å². The molecule has 1 aliphatic rings. The molecule has 0 saturated carbocycles. The first-order valence-corrected chi connectivity index (χ1v) is 10.2. The Balaban J connectivity index is 1.35. The molecule has 30 heavy (non-hydrogen) atoms. The van der Waals surface area contributed by atoms with Crippen LogP contribution in [0.2, 0.25) is 0 Å². The van der Waals surface area contributed by atoms with Crippen molar-refractivity contribution in [1.82, 2.24) is 5.32 Å². The van der Waals surface area contributed by atoms with Gasteiger partial charge in [0.1, 0.15) is 18.8 Å². The summed E-state index contributed by atoms with van der Waals surface area (Å²) in [7, 11) is 0. The quantitative estimate of drug-likeness (QED) is 0.455. The van der Waals surface area contributed by atoms with E-state index < -0.39 is 18.3 Å². The normalized spacial score (nSPS) is 14.5. The zero-order valence-corrected chi connectivity index (χ0v) is 17.1. The molecular weight excluding hydrogens is 398 g/mol. The molecule has 0 heterocycles. The molecule has 0 radical (unpaired) electrons. The molecule has 4 rings (SSSR count). The standard InChI is InChI=1S/C24H23NO4S/c26-21(23(27)19-11-5-6-12-22(19)30)13-25-24(28)29-14-20-17-9-3-1-7-15(17)16-8-2-4-10-18(16)20/h1-12,20-21,23,26-27,30H,13-14H2,(H,25,28). The van der Waals surface area contributed by atoms with Crippen LogP contribution in [-0.2, 0) is 4.74 Å². The third-order valence-electron chi connectivity index (χ3n) is 5.42. The first kappa shape index (κ1) is 20.5. The second kappa shape index (κ2) is 8.92. The summed E-state index contributed by atoms with van der Waals surface area (Å²) in [6.07, 6.45) is -2.98. The summed E-state index contributed by atoms with van der Waals surface area (Å²) in [5.74, 6) is -0.0327. The number of alkyl carbamates (subject to hydrolysis) is 1. The summed E-state index contributed by atoms with van der Waals surface area (Å²) in [6.45, 7) is 0.0535. The number of aliphatic hydroxyl groups excluding tert-OH is 2. The van der Waals surface area contributed by atoms with Crippen LogP contribution in [0.4, 0.5) is 4.79 Å². The van der Waals surface area contributed by atoms with E-state index in [1.807, 2.05) is 24.3 Å². The van der Waals surface area contributed by atoms with Crippen molar-refractivity contribution >= 4 is 18.7 Å². The molecule has 0 fully saturated rings. The van der Waals surface area contributed by atoms with Crippen molar-refractivity contribution in [2.24, 2.45) is 0 Å². The molecule has 6 heteroatoms. The zero-order valence-electron chi connectivity index (χ0n) is 16.2. The second-order valence-corrected chi connectivity index (χ2v) is 7.76. The Morgan fingerprint density at radius 3 is 2.13 bits per heavy atom. The van der Waals surface area contributed by atoms with Gasteiger partial charge < -0.3 is 20.3 Å². The van der Waals surface area contributed by atoms with E-state index in [-0.39, 0.29) is 19.1 Å². The average Bonchev–Trinajstić information content (AvgIpc) is 3.09. The Morgan fingerprint density at radius 2 is 1.50 bits per heavy atom. The van der Waals surface area contributed by atoms with Crippen LogP contribution in [0, 0.1) is 0 Å². The number of ether oxygens (including phenoxy) is 1. The highest BCUT2D eigenvalue weighted by molar-refractivity contribution is 7.80. The van der Waals surface area contributed by atoms with E-state index in [0.29, 0.717) is 10.5 Å². The van der Waals surface area contributed by atoms with Crippen molar-refractivity contribution in [3.63, 3.8) is 0 Å². The number of amides is 1. The van der Waals surface area contributed by atoms with Crippen molar-refractivity contribution in [1.29, 1.82) is 0 Å². The lowest BCUT2D eigenvalue weighted by Crippen LogP contribution is -2.36. The number of hydrogen-bond acceptors (Lipinski definition) is 5. The van der Waals surface area contributed by atoms with Crippen LogP contribution in [0.25, 0.3) is 11.1 Å². The number of fused-ring (bicyclic) bond motifs is 3. The molecule has 2 unspecified atom stereocenters. The molecule has 3 N–H and O–H groups in total. The molecule has 0 saturated heterocycles. The van der Waals surface area contributed by atoms with Crippen molar-refractivity contribution in [3.05, 3.63) is 89.5 Å². The lowest BCUT2D eigenvalue weighted by atomic mass is 9.98. The SMILES string of the molecule is O=C(NCC(O)C(O)c1ccccc1S)OCC1c2ccccc2-c2ccccc21. The fraction of sp³-hybridized carbons (Fsp3) is 0.208. The number of hydrogen-bond donors (Lipinski definition) is 4. The number of carbonyl (C=O) groups excluding carboxylic acids is 1. The number of benzene rings is 3. The molecule has 154 valence electrons. The summed E-state index contributed by atoms with van der Waals surface area (Å²) >= 11 is 4.29. The number of carbonyl (C=O) groups is 1. The maximum Gasteiger partial charge on any atom is 0.407 e. The molecule has 0 aromatic heterocycles. The first-order chi connectivity index (χ1) is 14.6. The molecule has 3 aromatic rings. The smallest absolute Gasteiger partial charge is 0.407 e. The van der Waals surface area contributed by atoms with Crippen LogP contribution in [-0.4, -0.2) is 35.6 Å². The first-order valence-electron chi connectivity index (χ1n) is 9.79. The van der Waals surface area contributed by atoms with Gasteiger partial charge in [-0.1, -0.05) is 66.7 Å². The number of thiol groups is 1. The second-order valence-electron chi connectivity index (χ2n) is 7.28. The summed E-state index contributed by atoms with van der Waals surface area (Å²) in [5, 5.41) is 23.1. The lowest BCUT2D eigenvalue weighted by molar-refractivity contribution is 0.0171. The van der Waals surface area contributed by atoms with Crippen molar-refractivity contribution < 1.29 is 19.7 Å². The highest BCUT2D eigenvalue weighted by Crippen LogP contribution is 2.44. The topological polar surface area (TPSA) is 78.8 Å². The number of nitrogens with one attached hydrogen (secondary N) is 1. The third kappa shape index (κ3) is 4.07. The lowest BCUT2D eigenvalue weighted by Gasteiger charge is -2.20. The van der Waals surface area contributed by atoms with Crippen LogP contribution >= 0.6 is 12.6 Å². The molecule has 2 atom stereocenters. The van der Waals surface area contributed by atoms with Gasteiger partial charge in [0.25, 0.3) is 0 Å². The summed E-state index contributed by atoms with van der Waals surface area (Å²) in [5.41, 5.74) is 5.08. The van der Waals surface area contributed by atoms with Crippen LogP contribution in [0.3, 0.4) is 0 Å². The highest BCUT2D eigenvalue weighted by atomic mass is 32.1. The minimum atomic E-state index is -1.18. The number of rotatable bonds is 6. The average molecular weight is 422 g/mol. The van der Waals surface area contributed by atoms with Gasteiger partial charge >= 0.3 is 6.09 Å². The molecule has 0 aliphatic heterocycles. The fourth-order valence-electron chi connectivity index (χ4n) is 3.89. The van der Waals surface area contributed by atoms with E-state index in [2.05, 4.69) is 42.2 Å². The van der Waals surface area contributed by atoms with Gasteiger partial charge in [-0.25, -0.2) is 4.79 Å². The zero-order chi connectivity index (χ0) is 21.1. The molecule has 0 bridgehead atoms. The largest absolute Gasteiger partial charge is 0.449 e. The highest BCUT2D eigenvalue weighted by Gasteiger charge is 2.29. The van der Waals surface area contributed by atoms with E-state index in [4.69, 9.17) is 4.74 Å². The molecular formula is C24H23NO4S. The predicted molar refractivity (Wildman–Crippen MR) is 118 cm³/mol. The Labute approximate surface area is 180 Å². The summed E-state index contributed by atoms with van der Waals surface area (Å²) < 4.78 is 5.44. The molecule has 5 nitrogen and oxygen atoms in total. The van der Waals surface area contributed by atoms with Gasteiger partial charge in [0.05, 0.1) is 0 Å². The van der Waals surface area contributed by atoms with E-state index in [9.17, 15) is 15.0 Å². The van der Waals surface area contributed by atoms with Crippen LogP contribution < -0.4 is 5.32 Å². The monoisotopic (exact) mass is 421 g/mol. The van der Waals surface area contributed by atoms with Gasteiger partial charge in [0.15, 0.2) is 0 Å². The van der Waals surface area contributed by atoms with E-state index in [1.165, 1.54) is 0 Å². The van der Waals surface area contributed by atoms with Crippen molar-refractivity contribution in [3.8, 4) is 11.1 Å². The maximum atomic E-state index is 12.2. The van der Waals surface area contributed by atoms with Crippen LogP contribution in [0.5, 0.6) is 0 Å². The minimum absolute atomic E-state index is 0.0327. The van der Waals surface area contributed by atoms with Crippen molar-refractivity contribution in [2.75, 3.05) is 13.2 Å². The van der Waals surface area contributed by atoms with Gasteiger partial charge in [-0.2, -0.15) is 0 Å².